The first kappa shape index (κ1) is 15.8. The summed E-state index contributed by atoms with van der Waals surface area (Å²) in [6.45, 7) is 2.03. The third kappa shape index (κ3) is 3.20. The van der Waals surface area contributed by atoms with Gasteiger partial charge in [0.15, 0.2) is 0 Å². The monoisotopic (exact) mass is 332 g/mol. The zero-order valence-corrected chi connectivity index (χ0v) is 12.7. The van der Waals surface area contributed by atoms with Gasteiger partial charge in [0.2, 0.25) is 0 Å². The maximum Gasteiger partial charge on any atom is 0.263 e. The van der Waals surface area contributed by atoms with Gasteiger partial charge in [-0.3, -0.25) is 4.72 Å². The molecule has 0 bridgehead atoms. The first-order valence-electron chi connectivity index (χ1n) is 6.15. The van der Waals surface area contributed by atoms with Gasteiger partial charge < -0.3 is 9.67 Å². The number of hydrogen-bond acceptors (Lipinski definition) is 3. The molecule has 2 rings (SSSR count). The number of aryl methyl sites for hydroxylation is 1. The second-order valence-corrected chi connectivity index (χ2v) is 6.40. The smallest absolute Gasteiger partial charge is 0.263 e. The normalized spacial score (nSPS) is 11.6. The number of halogens is 2. The van der Waals surface area contributed by atoms with Gasteiger partial charge in [0.25, 0.3) is 10.0 Å². The lowest BCUT2D eigenvalue weighted by molar-refractivity contribution is 0.271. The molecule has 5 nitrogen and oxygen atoms in total. The fourth-order valence-corrected chi connectivity index (χ4v) is 3.30. The van der Waals surface area contributed by atoms with E-state index in [2.05, 4.69) is 4.72 Å². The van der Waals surface area contributed by atoms with Gasteiger partial charge >= 0.3 is 0 Å². The van der Waals surface area contributed by atoms with Crippen LogP contribution in [0.2, 0.25) is 5.02 Å². The van der Waals surface area contributed by atoms with Crippen LogP contribution in [0.1, 0.15) is 12.6 Å². The highest BCUT2D eigenvalue weighted by Gasteiger charge is 2.21. The minimum atomic E-state index is -3.99. The van der Waals surface area contributed by atoms with Crippen molar-refractivity contribution < 1.29 is 17.9 Å². The van der Waals surface area contributed by atoms with Crippen molar-refractivity contribution in [2.75, 3.05) is 4.72 Å². The molecule has 0 amide bonds. The van der Waals surface area contributed by atoms with Crippen molar-refractivity contribution in [3.05, 3.63) is 47.0 Å². The second kappa shape index (κ2) is 6.05. The van der Waals surface area contributed by atoms with Crippen molar-refractivity contribution in [1.29, 1.82) is 0 Å². The summed E-state index contributed by atoms with van der Waals surface area (Å²) in [5, 5.41) is 9.16. The molecule has 0 unspecified atom stereocenters. The molecule has 0 aliphatic carbocycles. The van der Waals surface area contributed by atoms with E-state index in [1.54, 1.807) is 4.57 Å². The van der Waals surface area contributed by atoms with Crippen LogP contribution in [-0.2, 0) is 23.2 Å². The largest absolute Gasteiger partial charge is 0.390 e. The number of rotatable bonds is 5. The van der Waals surface area contributed by atoms with Gasteiger partial charge in [-0.05, 0) is 25.1 Å². The Morgan fingerprint density at radius 1 is 1.43 bits per heavy atom. The van der Waals surface area contributed by atoms with Crippen LogP contribution in [0.3, 0.4) is 0 Å². The average molecular weight is 333 g/mol. The summed E-state index contributed by atoms with van der Waals surface area (Å²) in [6.07, 6.45) is 1.38. The number of benzene rings is 1. The summed E-state index contributed by atoms with van der Waals surface area (Å²) in [7, 11) is -3.99. The number of sulfonamides is 1. The van der Waals surface area contributed by atoms with Crippen LogP contribution in [0.25, 0.3) is 0 Å². The van der Waals surface area contributed by atoms with Crippen molar-refractivity contribution in [1.82, 2.24) is 4.57 Å². The second-order valence-electron chi connectivity index (χ2n) is 4.31. The van der Waals surface area contributed by atoms with Gasteiger partial charge in [0, 0.05) is 18.4 Å². The van der Waals surface area contributed by atoms with Gasteiger partial charge in [0.05, 0.1) is 11.6 Å². The van der Waals surface area contributed by atoms with Crippen LogP contribution in [0, 0.1) is 5.82 Å². The quantitative estimate of drug-likeness (QED) is 0.884. The van der Waals surface area contributed by atoms with Crippen molar-refractivity contribution >= 4 is 27.3 Å². The Morgan fingerprint density at radius 3 is 2.67 bits per heavy atom. The molecule has 0 spiro atoms. The van der Waals surface area contributed by atoms with Gasteiger partial charge in [0.1, 0.15) is 16.4 Å². The number of aliphatic hydroxyl groups excluding tert-OH is 1. The molecule has 2 aromatic rings. The van der Waals surface area contributed by atoms with Crippen LogP contribution in [0.15, 0.2) is 35.4 Å². The predicted octanol–water partition coefficient (Wildman–Crippen LogP) is 2.59. The van der Waals surface area contributed by atoms with Gasteiger partial charge in [-0.25, -0.2) is 12.8 Å². The van der Waals surface area contributed by atoms with Gasteiger partial charge in [-0.15, -0.1) is 0 Å². The Bertz CT molecular complexity index is 717. The lowest BCUT2D eigenvalue weighted by Crippen LogP contribution is -2.13. The molecule has 1 heterocycles. The van der Waals surface area contributed by atoms with Crippen LogP contribution in [-0.4, -0.2) is 18.1 Å². The molecule has 1 aromatic carbocycles. The summed E-state index contributed by atoms with van der Waals surface area (Å²) in [5.41, 5.74) is 0.159. The van der Waals surface area contributed by atoms with Crippen molar-refractivity contribution in [3.8, 4) is 0 Å². The van der Waals surface area contributed by atoms with E-state index in [-0.39, 0.29) is 22.2 Å². The van der Waals surface area contributed by atoms with Gasteiger partial charge in [-0.2, -0.15) is 0 Å². The number of hydrogen-bond donors (Lipinski definition) is 2. The van der Waals surface area contributed by atoms with Crippen LogP contribution < -0.4 is 4.72 Å². The van der Waals surface area contributed by atoms with E-state index < -0.39 is 15.8 Å². The summed E-state index contributed by atoms with van der Waals surface area (Å²) in [4.78, 5) is -0.0623. The fraction of sp³-hybridized carbons (Fsp3) is 0.231. The third-order valence-electron chi connectivity index (χ3n) is 2.97. The van der Waals surface area contributed by atoms with E-state index in [4.69, 9.17) is 11.6 Å². The number of aliphatic hydroxyl groups is 1. The molecular formula is C13H14ClFN2O3S. The van der Waals surface area contributed by atoms with E-state index in [1.165, 1.54) is 24.4 Å². The molecular weight excluding hydrogens is 319 g/mol. The Kier molecular flexibility index (Phi) is 4.55. The molecule has 21 heavy (non-hydrogen) atoms. The zero-order chi connectivity index (χ0) is 15.6. The fourth-order valence-electron chi connectivity index (χ4n) is 1.89. The maximum absolute atomic E-state index is 13.7. The zero-order valence-electron chi connectivity index (χ0n) is 11.2. The topological polar surface area (TPSA) is 71.3 Å². The van der Waals surface area contributed by atoms with E-state index in [1.807, 2.05) is 6.92 Å². The van der Waals surface area contributed by atoms with Crippen molar-refractivity contribution in [2.24, 2.45) is 0 Å². The summed E-state index contributed by atoms with van der Waals surface area (Å²) >= 11 is 5.80. The summed E-state index contributed by atoms with van der Waals surface area (Å²) < 4.78 is 41.9. The van der Waals surface area contributed by atoms with Crippen molar-refractivity contribution in [2.45, 2.75) is 25.0 Å². The molecule has 8 heteroatoms. The molecule has 0 atom stereocenters. The molecule has 0 saturated carbocycles. The highest BCUT2D eigenvalue weighted by molar-refractivity contribution is 7.92. The summed E-state index contributed by atoms with van der Waals surface area (Å²) in [6, 6.07) is 5.21. The van der Waals surface area contributed by atoms with E-state index in [0.29, 0.717) is 12.2 Å². The Hall–Kier alpha value is -1.57. The van der Waals surface area contributed by atoms with Crippen LogP contribution in [0.4, 0.5) is 10.1 Å². The van der Waals surface area contributed by atoms with E-state index in [9.17, 15) is 17.9 Å². The molecule has 1 aromatic heterocycles. The van der Waals surface area contributed by atoms with Crippen LogP contribution >= 0.6 is 11.6 Å². The Balaban J connectivity index is 2.41. The number of anilines is 1. The van der Waals surface area contributed by atoms with E-state index in [0.717, 1.165) is 6.07 Å². The first-order valence-corrected chi connectivity index (χ1v) is 8.02. The third-order valence-corrected chi connectivity index (χ3v) is 4.60. The number of para-hydroxylation sites is 1. The summed E-state index contributed by atoms with van der Waals surface area (Å²) in [5.74, 6) is -0.761. The average Bonchev–Trinajstić information content (AvgIpc) is 2.87. The molecule has 114 valence electrons. The maximum atomic E-state index is 13.7. The highest BCUT2D eigenvalue weighted by atomic mass is 35.5. The molecule has 2 N–H and O–H groups in total. The minimum Gasteiger partial charge on any atom is -0.390 e. The number of nitrogens with one attached hydrogen (secondary N) is 1. The molecule has 0 fully saturated rings. The highest BCUT2D eigenvalue weighted by Crippen LogP contribution is 2.27. The lowest BCUT2D eigenvalue weighted by atomic mass is 10.3. The van der Waals surface area contributed by atoms with Gasteiger partial charge in [-0.1, -0.05) is 17.7 Å². The SMILES string of the molecule is CCn1cc(S(=O)(=O)Nc2c(F)cccc2Cl)cc1CO. The van der Waals surface area contributed by atoms with E-state index >= 15 is 0 Å². The number of nitrogens with zero attached hydrogens (tertiary/aromatic N) is 1. The minimum absolute atomic E-state index is 0.0316. The molecule has 0 saturated heterocycles. The molecule has 0 aliphatic heterocycles. The predicted molar refractivity (Wildman–Crippen MR) is 78.2 cm³/mol. The Morgan fingerprint density at radius 2 is 2.14 bits per heavy atom. The Labute approximate surface area is 127 Å². The molecule has 0 aliphatic rings. The standard InChI is InChI=1S/C13H14ClFN2O3S/c1-2-17-7-10(6-9(17)8-18)21(19,20)16-13-11(14)4-3-5-12(13)15/h3-7,16,18H,2,8H2,1H3. The van der Waals surface area contributed by atoms with Crippen molar-refractivity contribution in [3.63, 3.8) is 0 Å². The lowest BCUT2D eigenvalue weighted by Gasteiger charge is -2.09. The molecule has 0 radical (unpaired) electrons. The first-order chi connectivity index (χ1) is 9.89. The number of aromatic nitrogens is 1. The van der Waals surface area contributed by atoms with Crippen LogP contribution in [0.5, 0.6) is 0 Å².